The van der Waals surface area contributed by atoms with Crippen LogP contribution in [0.15, 0.2) is 58.3 Å². The Hall–Kier alpha value is -1.87. The third-order valence-corrected chi connectivity index (χ3v) is 7.44. The van der Waals surface area contributed by atoms with Crippen molar-refractivity contribution in [2.24, 2.45) is 5.92 Å². The van der Waals surface area contributed by atoms with Crippen molar-refractivity contribution in [2.45, 2.75) is 57.3 Å². The SMILES string of the molecule is CC(CC1=Cc2ccc(C(C)(C)C)cc2S1(=O)=O)[C@@H](C)c1ccccc1. The molecule has 0 saturated heterocycles. The summed E-state index contributed by atoms with van der Waals surface area (Å²) in [4.78, 5) is 1.02. The molecule has 0 fully saturated rings. The van der Waals surface area contributed by atoms with E-state index in [2.05, 4.69) is 46.8 Å². The van der Waals surface area contributed by atoms with Crippen LogP contribution in [-0.2, 0) is 15.3 Å². The van der Waals surface area contributed by atoms with Crippen molar-refractivity contribution < 1.29 is 8.42 Å². The molecular formula is C23H28O2S. The molecule has 3 heteroatoms. The average Bonchev–Trinajstić information content (AvgIpc) is 2.84. The van der Waals surface area contributed by atoms with Crippen LogP contribution < -0.4 is 0 Å². The molecule has 0 aliphatic carbocycles. The predicted molar refractivity (Wildman–Crippen MR) is 109 cm³/mol. The minimum Gasteiger partial charge on any atom is -0.219 e. The van der Waals surface area contributed by atoms with Gasteiger partial charge in [0.25, 0.3) is 0 Å². The van der Waals surface area contributed by atoms with Gasteiger partial charge in [-0.1, -0.05) is 77.1 Å². The molecule has 2 aromatic rings. The fourth-order valence-electron chi connectivity index (χ4n) is 3.49. The minimum absolute atomic E-state index is 0.0670. The van der Waals surface area contributed by atoms with Gasteiger partial charge in [-0.05, 0) is 52.5 Å². The quantitative estimate of drug-likeness (QED) is 0.669. The molecule has 138 valence electrons. The van der Waals surface area contributed by atoms with Gasteiger partial charge in [0.2, 0.25) is 9.84 Å². The van der Waals surface area contributed by atoms with Crippen molar-refractivity contribution in [2.75, 3.05) is 0 Å². The highest BCUT2D eigenvalue weighted by Crippen LogP contribution is 2.40. The Bertz CT molecular complexity index is 932. The summed E-state index contributed by atoms with van der Waals surface area (Å²) in [6.45, 7) is 10.6. The molecule has 0 amide bonds. The van der Waals surface area contributed by atoms with Crippen molar-refractivity contribution in [3.8, 4) is 0 Å². The normalized spacial score (nSPS) is 18.1. The molecule has 0 radical (unpaired) electrons. The Morgan fingerprint density at radius 2 is 1.62 bits per heavy atom. The highest BCUT2D eigenvalue weighted by molar-refractivity contribution is 7.95. The molecule has 0 spiro atoms. The molecule has 1 aliphatic heterocycles. The van der Waals surface area contributed by atoms with Gasteiger partial charge < -0.3 is 0 Å². The monoisotopic (exact) mass is 368 g/mol. The Balaban J connectivity index is 1.86. The molecule has 0 aromatic heterocycles. The maximum atomic E-state index is 13.1. The van der Waals surface area contributed by atoms with Gasteiger partial charge in [0.05, 0.1) is 9.80 Å². The summed E-state index contributed by atoms with van der Waals surface area (Å²) in [5, 5.41) is 0. The molecule has 1 heterocycles. The number of hydrogen-bond donors (Lipinski definition) is 0. The van der Waals surface area contributed by atoms with E-state index in [0.717, 1.165) is 11.1 Å². The first-order valence-electron chi connectivity index (χ1n) is 9.26. The molecular weight excluding hydrogens is 340 g/mol. The zero-order valence-corrected chi connectivity index (χ0v) is 17.1. The van der Waals surface area contributed by atoms with E-state index in [1.54, 1.807) is 0 Å². The van der Waals surface area contributed by atoms with Gasteiger partial charge >= 0.3 is 0 Å². The smallest absolute Gasteiger partial charge is 0.203 e. The summed E-state index contributed by atoms with van der Waals surface area (Å²) in [5.74, 6) is 0.552. The van der Waals surface area contributed by atoms with Gasteiger partial charge in [-0.2, -0.15) is 0 Å². The van der Waals surface area contributed by atoms with Crippen LogP contribution in [0.5, 0.6) is 0 Å². The van der Waals surface area contributed by atoms with E-state index in [1.807, 2.05) is 42.5 Å². The van der Waals surface area contributed by atoms with E-state index in [4.69, 9.17) is 0 Å². The second kappa shape index (κ2) is 6.70. The van der Waals surface area contributed by atoms with Crippen LogP contribution in [0, 0.1) is 5.92 Å². The Morgan fingerprint density at radius 1 is 0.962 bits per heavy atom. The number of fused-ring (bicyclic) bond motifs is 1. The van der Waals surface area contributed by atoms with Gasteiger partial charge in [-0.25, -0.2) is 8.42 Å². The number of hydrogen-bond acceptors (Lipinski definition) is 2. The second-order valence-corrected chi connectivity index (χ2v) is 10.5. The van der Waals surface area contributed by atoms with Gasteiger partial charge in [0.1, 0.15) is 0 Å². The van der Waals surface area contributed by atoms with Crippen LogP contribution >= 0.6 is 0 Å². The van der Waals surface area contributed by atoms with Crippen molar-refractivity contribution in [1.29, 1.82) is 0 Å². The fraction of sp³-hybridized carbons (Fsp3) is 0.391. The molecule has 3 rings (SSSR count). The Morgan fingerprint density at radius 3 is 2.23 bits per heavy atom. The van der Waals surface area contributed by atoms with Gasteiger partial charge in [-0.3, -0.25) is 0 Å². The minimum atomic E-state index is -3.38. The zero-order chi connectivity index (χ0) is 19.1. The third-order valence-electron chi connectivity index (χ3n) is 5.53. The summed E-state index contributed by atoms with van der Waals surface area (Å²) in [6.07, 6.45) is 2.43. The third kappa shape index (κ3) is 3.50. The highest BCUT2D eigenvalue weighted by Gasteiger charge is 2.32. The number of benzene rings is 2. The van der Waals surface area contributed by atoms with Crippen molar-refractivity contribution >= 4 is 15.9 Å². The van der Waals surface area contributed by atoms with E-state index in [-0.39, 0.29) is 11.3 Å². The van der Waals surface area contributed by atoms with Crippen LogP contribution in [0.2, 0.25) is 0 Å². The van der Waals surface area contributed by atoms with Gasteiger partial charge in [-0.15, -0.1) is 0 Å². The molecule has 2 atom stereocenters. The summed E-state index contributed by atoms with van der Waals surface area (Å²) in [6, 6.07) is 16.2. The number of rotatable bonds is 4. The average molecular weight is 369 g/mol. The van der Waals surface area contributed by atoms with Crippen molar-refractivity contribution in [3.63, 3.8) is 0 Å². The standard InChI is InChI=1S/C23H28O2S/c1-16(17(2)18-9-7-6-8-10-18)13-21-14-19-11-12-20(23(3,4)5)15-22(19)26(21,24)25/h6-12,14-17H,13H2,1-5H3/t16?,17-/m1/s1. The summed E-state index contributed by atoms with van der Waals surface area (Å²) in [5.41, 5.74) is 3.07. The predicted octanol–water partition coefficient (Wildman–Crippen LogP) is 5.94. The summed E-state index contributed by atoms with van der Waals surface area (Å²) < 4.78 is 26.2. The first-order valence-corrected chi connectivity index (χ1v) is 10.7. The molecule has 26 heavy (non-hydrogen) atoms. The number of allylic oxidation sites excluding steroid dienone is 1. The molecule has 2 nitrogen and oxygen atoms in total. The lowest BCUT2D eigenvalue weighted by atomic mass is 9.86. The maximum absolute atomic E-state index is 13.1. The van der Waals surface area contributed by atoms with Crippen LogP contribution in [0.25, 0.3) is 6.08 Å². The lowest BCUT2D eigenvalue weighted by molar-refractivity contribution is 0.488. The lowest BCUT2D eigenvalue weighted by Crippen LogP contribution is -2.13. The van der Waals surface area contributed by atoms with E-state index >= 15 is 0 Å². The Kier molecular flexibility index (Phi) is 4.87. The van der Waals surface area contributed by atoms with Gasteiger partial charge in [0, 0.05) is 0 Å². The molecule has 1 unspecified atom stereocenters. The molecule has 0 N–H and O–H groups in total. The zero-order valence-electron chi connectivity index (χ0n) is 16.3. The van der Waals surface area contributed by atoms with Crippen LogP contribution in [0.3, 0.4) is 0 Å². The lowest BCUT2D eigenvalue weighted by Gasteiger charge is -2.21. The highest BCUT2D eigenvalue weighted by atomic mass is 32.2. The van der Waals surface area contributed by atoms with Crippen LogP contribution in [0.1, 0.15) is 63.6 Å². The van der Waals surface area contributed by atoms with Crippen molar-refractivity contribution in [3.05, 3.63) is 70.1 Å². The first kappa shape index (κ1) is 18.9. The topological polar surface area (TPSA) is 34.1 Å². The van der Waals surface area contributed by atoms with E-state index in [0.29, 0.717) is 22.1 Å². The summed E-state index contributed by atoms with van der Waals surface area (Å²) in [7, 11) is -3.38. The largest absolute Gasteiger partial charge is 0.219 e. The van der Waals surface area contributed by atoms with E-state index < -0.39 is 9.84 Å². The maximum Gasteiger partial charge on any atom is 0.203 e. The van der Waals surface area contributed by atoms with E-state index in [9.17, 15) is 8.42 Å². The summed E-state index contributed by atoms with van der Waals surface area (Å²) >= 11 is 0. The second-order valence-electron chi connectivity index (χ2n) is 8.50. The van der Waals surface area contributed by atoms with E-state index in [1.165, 1.54) is 5.56 Å². The van der Waals surface area contributed by atoms with Crippen LogP contribution in [0.4, 0.5) is 0 Å². The molecule has 0 saturated carbocycles. The first-order chi connectivity index (χ1) is 12.1. The van der Waals surface area contributed by atoms with Crippen molar-refractivity contribution in [1.82, 2.24) is 0 Å². The molecule has 2 aromatic carbocycles. The fourth-order valence-corrected chi connectivity index (χ4v) is 5.26. The Labute approximate surface area is 157 Å². The van der Waals surface area contributed by atoms with Crippen LogP contribution in [-0.4, -0.2) is 8.42 Å². The molecule has 1 aliphatic rings. The number of sulfone groups is 1. The molecule has 0 bridgehead atoms. The van der Waals surface area contributed by atoms with Gasteiger partial charge in [0.15, 0.2) is 0 Å².